The summed E-state index contributed by atoms with van der Waals surface area (Å²) in [6, 6.07) is 17.2. The molecule has 0 fully saturated rings. The van der Waals surface area contributed by atoms with Crippen LogP contribution in [0, 0.1) is 11.3 Å². The Morgan fingerprint density at radius 2 is 2.12 bits per heavy atom. The van der Waals surface area contributed by atoms with Gasteiger partial charge in [0.15, 0.2) is 6.10 Å². The van der Waals surface area contributed by atoms with Crippen LogP contribution in [0.1, 0.15) is 42.5 Å². The van der Waals surface area contributed by atoms with Crippen molar-refractivity contribution >= 4 is 5.91 Å². The summed E-state index contributed by atoms with van der Waals surface area (Å²) in [6.45, 7) is 1.73. The molecule has 1 aliphatic rings. The number of carbonyl (C=O) groups excluding carboxylic acids is 1. The molecule has 0 heterocycles. The van der Waals surface area contributed by atoms with Crippen LogP contribution in [-0.4, -0.2) is 12.0 Å². The zero-order valence-corrected chi connectivity index (χ0v) is 13.7. The molecule has 1 aliphatic carbocycles. The minimum absolute atomic E-state index is 0.0407. The number of hydrogen-bond acceptors (Lipinski definition) is 3. The van der Waals surface area contributed by atoms with E-state index in [-0.39, 0.29) is 11.9 Å². The smallest absolute Gasteiger partial charge is 0.261 e. The molecule has 0 aliphatic heterocycles. The lowest BCUT2D eigenvalue weighted by molar-refractivity contribution is -0.128. The van der Waals surface area contributed by atoms with Gasteiger partial charge in [0, 0.05) is 0 Å². The van der Waals surface area contributed by atoms with Crippen molar-refractivity contribution in [1.82, 2.24) is 5.32 Å². The van der Waals surface area contributed by atoms with E-state index in [1.807, 2.05) is 12.1 Å². The normalized spacial score (nSPS) is 17.2. The molecule has 2 unspecified atom stereocenters. The van der Waals surface area contributed by atoms with E-state index in [1.165, 1.54) is 11.1 Å². The van der Waals surface area contributed by atoms with E-state index in [2.05, 4.69) is 23.5 Å². The maximum atomic E-state index is 12.5. The predicted molar refractivity (Wildman–Crippen MR) is 91.5 cm³/mol. The largest absolute Gasteiger partial charge is 0.481 e. The molecule has 1 N–H and O–H groups in total. The molecule has 2 aromatic rings. The highest BCUT2D eigenvalue weighted by molar-refractivity contribution is 5.81. The molecule has 122 valence electrons. The highest BCUT2D eigenvalue weighted by Gasteiger charge is 2.24. The molecule has 0 saturated heterocycles. The summed E-state index contributed by atoms with van der Waals surface area (Å²) in [5.74, 6) is 0.389. The van der Waals surface area contributed by atoms with Gasteiger partial charge in [-0.3, -0.25) is 4.79 Å². The topological polar surface area (TPSA) is 62.1 Å². The van der Waals surface area contributed by atoms with Gasteiger partial charge in [-0.25, -0.2) is 0 Å². The molecule has 1 amide bonds. The Labute approximate surface area is 142 Å². The first kappa shape index (κ1) is 16.1. The monoisotopic (exact) mass is 320 g/mol. The maximum absolute atomic E-state index is 12.5. The predicted octanol–water partition coefficient (Wildman–Crippen LogP) is 3.52. The van der Waals surface area contributed by atoms with E-state index in [0.717, 1.165) is 19.3 Å². The molecule has 2 atom stereocenters. The third-order valence-corrected chi connectivity index (χ3v) is 4.33. The summed E-state index contributed by atoms with van der Waals surface area (Å²) in [7, 11) is 0. The van der Waals surface area contributed by atoms with E-state index < -0.39 is 6.10 Å². The number of benzene rings is 2. The van der Waals surface area contributed by atoms with Gasteiger partial charge < -0.3 is 10.1 Å². The molecule has 0 aromatic heterocycles. The second-order valence-corrected chi connectivity index (χ2v) is 6.05. The number of nitrogens with zero attached hydrogens (tertiary/aromatic N) is 1. The minimum Gasteiger partial charge on any atom is -0.481 e. The Morgan fingerprint density at radius 1 is 1.29 bits per heavy atom. The van der Waals surface area contributed by atoms with Gasteiger partial charge in [-0.1, -0.05) is 30.3 Å². The Morgan fingerprint density at radius 3 is 2.96 bits per heavy atom. The number of nitriles is 1. The number of carbonyl (C=O) groups is 1. The van der Waals surface area contributed by atoms with Crippen molar-refractivity contribution in [2.75, 3.05) is 0 Å². The molecular formula is C20H20N2O2. The second-order valence-electron chi connectivity index (χ2n) is 6.05. The van der Waals surface area contributed by atoms with E-state index in [0.29, 0.717) is 11.3 Å². The Hall–Kier alpha value is -2.80. The van der Waals surface area contributed by atoms with Crippen molar-refractivity contribution in [2.24, 2.45) is 0 Å². The molecule has 3 rings (SSSR count). The van der Waals surface area contributed by atoms with E-state index in [1.54, 1.807) is 31.2 Å². The molecule has 0 bridgehead atoms. The zero-order chi connectivity index (χ0) is 16.9. The van der Waals surface area contributed by atoms with Gasteiger partial charge in [0.25, 0.3) is 5.91 Å². The number of rotatable bonds is 4. The number of fused-ring (bicyclic) bond motifs is 1. The molecular weight excluding hydrogens is 300 g/mol. The van der Waals surface area contributed by atoms with Crippen LogP contribution >= 0.6 is 0 Å². The van der Waals surface area contributed by atoms with Gasteiger partial charge in [0.2, 0.25) is 0 Å². The molecule has 24 heavy (non-hydrogen) atoms. The fourth-order valence-corrected chi connectivity index (χ4v) is 3.09. The van der Waals surface area contributed by atoms with Crippen LogP contribution < -0.4 is 10.1 Å². The average molecular weight is 320 g/mol. The lowest BCUT2D eigenvalue weighted by atomic mass is 9.87. The Balaban J connectivity index is 1.66. The molecule has 4 nitrogen and oxygen atoms in total. The summed E-state index contributed by atoms with van der Waals surface area (Å²) in [5.41, 5.74) is 3.03. The van der Waals surface area contributed by atoms with Crippen LogP contribution in [0.25, 0.3) is 0 Å². The SMILES string of the molecule is CC(Oc1cccc(C#N)c1)C(=O)NC1CCCc2ccccc21. The van der Waals surface area contributed by atoms with Gasteiger partial charge in [-0.2, -0.15) is 5.26 Å². The number of hydrogen-bond donors (Lipinski definition) is 1. The van der Waals surface area contributed by atoms with Crippen LogP contribution in [0.4, 0.5) is 0 Å². The van der Waals surface area contributed by atoms with Gasteiger partial charge >= 0.3 is 0 Å². The Bertz CT molecular complexity index is 779. The fraction of sp³-hybridized carbons (Fsp3) is 0.300. The fourth-order valence-electron chi connectivity index (χ4n) is 3.09. The summed E-state index contributed by atoms with van der Waals surface area (Å²) >= 11 is 0. The zero-order valence-electron chi connectivity index (χ0n) is 13.7. The van der Waals surface area contributed by atoms with Crippen LogP contribution in [0.2, 0.25) is 0 Å². The lowest BCUT2D eigenvalue weighted by Crippen LogP contribution is -2.39. The molecule has 0 saturated carbocycles. The van der Waals surface area contributed by atoms with Crippen LogP contribution in [0.5, 0.6) is 5.75 Å². The summed E-state index contributed by atoms with van der Waals surface area (Å²) in [4.78, 5) is 12.5. The van der Waals surface area contributed by atoms with Gasteiger partial charge in [0.05, 0.1) is 17.7 Å². The third-order valence-electron chi connectivity index (χ3n) is 4.33. The Kier molecular flexibility index (Phi) is 4.81. The van der Waals surface area contributed by atoms with Gasteiger partial charge in [0.1, 0.15) is 5.75 Å². The first-order chi connectivity index (χ1) is 11.7. The highest BCUT2D eigenvalue weighted by atomic mass is 16.5. The van der Waals surface area contributed by atoms with Crippen LogP contribution in [0.15, 0.2) is 48.5 Å². The van der Waals surface area contributed by atoms with Crippen molar-refractivity contribution in [3.63, 3.8) is 0 Å². The minimum atomic E-state index is -0.618. The van der Waals surface area contributed by atoms with Crippen molar-refractivity contribution < 1.29 is 9.53 Å². The van der Waals surface area contributed by atoms with Crippen molar-refractivity contribution in [2.45, 2.75) is 38.3 Å². The lowest BCUT2D eigenvalue weighted by Gasteiger charge is -2.27. The third kappa shape index (κ3) is 3.57. The maximum Gasteiger partial charge on any atom is 0.261 e. The summed E-state index contributed by atoms with van der Waals surface area (Å²) in [6.07, 6.45) is 2.46. The van der Waals surface area contributed by atoms with Gasteiger partial charge in [-0.05, 0) is 55.5 Å². The van der Waals surface area contributed by atoms with E-state index >= 15 is 0 Å². The van der Waals surface area contributed by atoms with E-state index in [4.69, 9.17) is 10.00 Å². The summed E-state index contributed by atoms with van der Waals surface area (Å²) in [5, 5.41) is 12.0. The van der Waals surface area contributed by atoms with E-state index in [9.17, 15) is 4.79 Å². The summed E-state index contributed by atoms with van der Waals surface area (Å²) < 4.78 is 5.68. The highest BCUT2D eigenvalue weighted by Crippen LogP contribution is 2.29. The molecule has 4 heteroatoms. The first-order valence-corrected chi connectivity index (χ1v) is 8.22. The van der Waals surface area contributed by atoms with Crippen LogP contribution in [0.3, 0.4) is 0 Å². The molecule has 0 radical (unpaired) electrons. The van der Waals surface area contributed by atoms with Gasteiger partial charge in [-0.15, -0.1) is 0 Å². The number of nitrogens with one attached hydrogen (secondary N) is 1. The first-order valence-electron chi connectivity index (χ1n) is 8.22. The number of amides is 1. The molecule has 0 spiro atoms. The number of aryl methyl sites for hydroxylation is 1. The standard InChI is InChI=1S/C20H20N2O2/c1-14(24-17-9-4-6-15(12-17)13-21)20(23)22-19-11-5-8-16-7-2-3-10-18(16)19/h2-4,6-7,9-10,12,14,19H,5,8,11H2,1H3,(H,22,23). The van der Waals surface area contributed by atoms with Crippen LogP contribution in [-0.2, 0) is 11.2 Å². The quantitative estimate of drug-likeness (QED) is 0.937. The molecule has 2 aromatic carbocycles. The average Bonchev–Trinajstić information content (AvgIpc) is 2.62. The van der Waals surface area contributed by atoms with Crippen molar-refractivity contribution in [3.05, 3.63) is 65.2 Å². The second kappa shape index (κ2) is 7.18. The van der Waals surface area contributed by atoms with Crippen molar-refractivity contribution in [1.29, 1.82) is 5.26 Å². The number of ether oxygens (including phenoxy) is 1. The van der Waals surface area contributed by atoms with Crippen molar-refractivity contribution in [3.8, 4) is 11.8 Å².